The van der Waals surface area contributed by atoms with Crippen molar-refractivity contribution < 1.29 is 0 Å². The molecule has 1 nitrogen and oxygen atoms in total. The summed E-state index contributed by atoms with van der Waals surface area (Å²) in [5.74, 6) is 0. The van der Waals surface area contributed by atoms with Gasteiger partial charge in [-0.3, -0.25) is 0 Å². The summed E-state index contributed by atoms with van der Waals surface area (Å²) in [6.45, 7) is 9.20. The molecule has 0 amide bonds. The van der Waals surface area contributed by atoms with Crippen molar-refractivity contribution in [2.75, 3.05) is 0 Å². The van der Waals surface area contributed by atoms with E-state index in [9.17, 15) is 0 Å². The second kappa shape index (κ2) is 4.77. The summed E-state index contributed by atoms with van der Waals surface area (Å²) in [6.07, 6.45) is 3.51. The molecule has 0 saturated carbocycles. The number of hydrogen-bond donors (Lipinski definition) is 0. The van der Waals surface area contributed by atoms with Gasteiger partial charge in [0.2, 0.25) is 0 Å². The van der Waals surface area contributed by atoms with Crippen molar-refractivity contribution in [1.82, 2.24) is 0 Å². The molecule has 0 unspecified atom stereocenters. The molecule has 0 radical (unpaired) electrons. The van der Waals surface area contributed by atoms with Gasteiger partial charge in [0.15, 0.2) is 0 Å². The lowest BCUT2D eigenvalue weighted by atomic mass is 10.1. The summed E-state index contributed by atoms with van der Waals surface area (Å²) < 4.78 is 0. The van der Waals surface area contributed by atoms with E-state index < -0.39 is 0 Å². The van der Waals surface area contributed by atoms with E-state index in [2.05, 4.69) is 18.2 Å². The Morgan fingerprint density at radius 1 is 1.29 bits per heavy atom. The minimum atomic E-state index is 0.502. The fourth-order valence-electron chi connectivity index (χ4n) is 1.19. The van der Waals surface area contributed by atoms with Gasteiger partial charge in [0.1, 0.15) is 5.17 Å². The van der Waals surface area contributed by atoms with E-state index >= 15 is 0 Å². The highest BCUT2D eigenvalue weighted by Gasteiger charge is 2.02. The Morgan fingerprint density at radius 3 is 2.14 bits per heavy atom. The van der Waals surface area contributed by atoms with Gasteiger partial charge >= 0.3 is 0 Å². The SMILES string of the molecule is C=Cc1cccc(C=C)c1N=C(C)Cl. The molecule has 14 heavy (non-hydrogen) atoms. The zero-order chi connectivity index (χ0) is 10.6. The van der Waals surface area contributed by atoms with Gasteiger partial charge in [0.25, 0.3) is 0 Å². The molecule has 1 rings (SSSR count). The summed E-state index contributed by atoms with van der Waals surface area (Å²) in [7, 11) is 0. The maximum Gasteiger partial charge on any atom is 0.103 e. The van der Waals surface area contributed by atoms with Crippen LogP contribution in [0.3, 0.4) is 0 Å². The van der Waals surface area contributed by atoms with Crippen LogP contribution in [0.2, 0.25) is 0 Å². The van der Waals surface area contributed by atoms with Crippen molar-refractivity contribution >= 4 is 34.6 Å². The van der Waals surface area contributed by atoms with Crippen LogP contribution in [-0.2, 0) is 0 Å². The van der Waals surface area contributed by atoms with Crippen LogP contribution in [0.15, 0.2) is 36.3 Å². The monoisotopic (exact) mass is 205 g/mol. The number of nitrogens with zero attached hydrogens (tertiary/aromatic N) is 1. The molecule has 0 fully saturated rings. The molecule has 0 N–H and O–H groups in total. The van der Waals surface area contributed by atoms with Crippen molar-refractivity contribution in [3.05, 3.63) is 42.5 Å². The summed E-state index contributed by atoms with van der Waals surface area (Å²) in [5.41, 5.74) is 2.75. The topological polar surface area (TPSA) is 12.4 Å². The first kappa shape index (κ1) is 10.7. The van der Waals surface area contributed by atoms with Gasteiger partial charge in [0, 0.05) is 11.1 Å². The number of para-hydroxylation sites is 1. The molecule has 0 aliphatic rings. The van der Waals surface area contributed by atoms with Gasteiger partial charge in [-0.2, -0.15) is 0 Å². The molecule has 0 aliphatic heterocycles. The molecule has 0 aliphatic carbocycles. The van der Waals surface area contributed by atoms with E-state index in [1.165, 1.54) is 0 Å². The van der Waals surface area contributed by atoms with Gasteiger partial charge in [-0.25, -0.2) is 4.99 Å². The Morgan fingerprint density at radius 2 is 1.79 bits per heavy atom. The Bertz CT molecular complexity index is 361. The molecule has 2 heteroatoms. The molecule has 1 aromatic rings. The first-order valence-electron chi connectivity index (χ1n) is 4.27. The van der Waals surface area contributed by atoms with Crippen LogP contribution < -0.4 is 0 Å². The van der Waals surface area contributed by atoms with Crippen molar-refractivity contribution in [1.29, 1.82) is 0 Å². The van der Waals surface area contributed by atoms with E-state index in [1.54, 1.807) is 19.1 Å². The summed E-state index contributed by atoms with van der Waals surface area (Å²) in [6, 6.07) is 5.83. The largest absolute Gasteiger partial charge is 0.240 e. The summed E-state index contributed by atoms with van der Waals surface area (Å²) >= 11 is 5.75. The maximum absolute atomic E-state index is 5.75. The first-order chi connectivity index (χ1) is 6.69. The molecule has 1 aromatic carbocycles. The average molecular weight is 206 g/mol. The van der Waals surface area contributed by atoms with Crippen LogP contribution >= 0.6 is 11.6 Å². The normalized spacial score (nSPS) is 11.1. The van der Waals surface area contributed by atoms with Crippen molar-refractivity contribution in [2.24, 2.45) is 4.99 Å². The third-order valence-electron chi connectivity index (χ3n) is 1.80. The van der Waals surface area contributed by atoms with Gasteiger partial charge in [-0.05, 0) is 6.92 Å². The lowest BCUT2D eigenvalue weighted by Gasteiger charge is -2.04. The van der Waals surface area contributed by atoms with Crippen molar-refractivity contribution in [3.8, 4) is 0 Å². The Balaban J connectivity index is 3.40. The maximum atomic E-state index is 5.75. The Kier molecular flexibility index (Phi) is 3.66. The van der Waals surface area contributed by atoms with E-state index in [4.69, 9.17) is 11.6 Å². The lowest BCUT2D eigenvalue weighted by Crippen LogP contribution is -1.82. The number of hydrogen-bond acceptors (Lipinski definition) is 1. The first-order valence-corrected chi connectivity index (χ1v) is 4.65. The Hall–Kier alpha value is -1.34. The molecule has 0 aromatic heterocycles. The molecule has 0 spiro atoms. The molecule has 0 saturated heterocycles. The molecular weight excluding hydrogens is 194 g/mol. The highest BCUT2D eigenvalue weighted by atomic mass is 35.5. The van der Waals surface area contributed by atoms with E-state index in [0.29, 0.717) is 5.17 Å². The fraction of sp³-hybridized carbons (Fsp3) is 0.0833. The smallest absolute Gasteiger partial charge is 0.103 e. The van der Waals surface area contributed by atoms with Crippen molar-refractivity contribution in [3.63, 3.8) is 0 Å². The van der Waals surface area contributed by atoms with Crippen LogP contribution in [-0.4, -0.2) is 5.17 Å². The zero-order valence-electron chi connectivity index (χ0n) is 8.13. The minimum Gasteiger partial charge on any atom is -0.240 e. The molecule has 72 valence electrons. The second-order valence-corrected chi connectivity index (χ2v) is 3.35. The zero-order valence-corrected chi connectivity index (χ0v) is 8.88. The summed E-state index contributed by atoms with van der Waals surface area (Å²) in [4.78, 5) is 4.24. The summed E-state index contributed by atoms with van der Waals surface area (Å²) in [5, 5.41) is 0.502. The predicted molar refractivity (Wildman–Crippen MR) is 65.2 cm³/mol. The molecule has 0 atom stereocenters. The van der Waals surface area contributed by atoms with Crippen LogP contribution in [0.1, 0.15) is 18.1 Å². The van der Waals surface area contributed by atoms with Crippen LogP contribution in [0.4, 0.5) is 5.69 Å². The third-order valence-corrected chi connectivity index (χ3v) is 1.89. The predicted octanol–water partition coefficient (Wildman–Crippen LogP) is 4.26. The van der Waals surface area contributed by atoms with Crippen LogP contribution in [0.5, 0.6) is 0 Å². The van der Waals surface area contributed by atoms with E-state index in [0.717, 1.165) is 16.8 Å². The van der Waals surface area contributed by atoms with Gasteiger partial charge < -0.3 is 0 Å². The van der Waals surface area contributed by atoms with Gasteiger partial charge in [0.05, 0.1) is 5.69 Å². The standard InChI is InChI=1S/C12H12ClN/c1-4-10-7-6-8-11(5-2)12(10)14-9(3)13/h4-8H,1-2H2,3H3. The van der Waals surface area contributed by atoms with Crippen LogP contribution in [0.25, 0.3) is 12.2 Å². The quantitative estimate of drug-likeness (QED) is 0.654. The number of aliphatic imine (C=N–C) groups is 1. The Labute approximate surface area is 89.4 Å². The number of benzene rings is 1. The average Bonchev–Trinajstić information content (AvgIpc) is 2.17. The lowest BCUT2D eigenvalue weighted by molar-refractivity contribution is 1.48. The fourth-order valence-corrected chi connectivity index (χ4v) is 1.28. The molecule has 0 heterocycles. The van der Waals surface area contributed by atoms with Gasteiger partial charge in [-0.15, -0.1) is 0 Å². The van der Waals surface area contributed by atoms with E-state index in [1.807, 2.05) is 18.2 Å². The number of rotatable bonds is 3. The van der Waals surface area contributed by atoms with Crippen LogP contribution in [0, 0.1) is 0 Å². The molecule has 0 bridgehead atoms. The highest BCUT2D eigenvalue weighted by molar-refractivity contribution is 6.65. The highest BCUT2D eigenvalue weighted by Crippen LogP contribution is 2.26. The molecular formula is C12H12ClN. The van der Waals surface area contributed by atoms with Gasteiger partial charge in [-0.1, -0.05) is 55.1 Å². The minimum absolute atomic E-state index is 0.502. The van der Waals surface area contributed by atoms with E-state index in [-0.39, 0.29) is 0 Å². The third kappa shape index (κ3) is 2.33. The van der Waals surface area contributed by atoms with Crippen molar-refractivity contribution in [2.45, 2.75) is 6.92 Å². The second-order valence-electron chi connectivity index (χ2n) is 2.80. The number of halogens is 1.